The summed E-state index contributed by atoms with van der Waals surface area (Å²) in [7, 11) is 0. The number of nitro benzene ring substituents is 1. The fourth-order valence-electron chi connectivity index (χ4n) is 3.34. The average molecular weight is 353 g/mol. The molecule has 26 heavy (non-hydrogen) atoms. The van der Waals surface area contributed by atoms with E-state index in [1.165, 1.54) is 17.2 Å². The highest BCUT2D eigenvalue weighted by Crippen LogP contribution is 2.26. The van der Waals surface area contributed by atoms with E-state index in [2.05, 4.69) is 24.4 Å². The Kier molecular flexibility index (Phi) is 5.51. The molecule has 1 aliphatic rings. The second-order valence-electron chi connectivity index (χ2n) is 6.46. The van der Waals surface area contributed by atoms with Crippen molar-refractivity contribution in [3.8, 4) is 0 Å². The van der Waals surface area contributed by atoms with E-state index in [-0.39, 0.29) is 17.2 Å². The predicted molar refractivity (Wildman–Crippen MR) is 101 cm³/mol. The molecule has 1 fully saturated rings. The first-order valence-electron chi connectivity index (χ1n) is 8.98. The lowest BCUT2D eigenvalue weighted by Crippen LogP contribution is -2.28. The molecule has 1 saturated heterocycles. The van der Waals surface area contributed by atoms with Gasteiger partial charge < -0.3 is 10.2 Å². The summed E-state index contributed by atoms with van der Waals surface area (Å²) >= 11 is 0. The number of amides is 1. The topological polar surface area (TPSA) is 75.5 Å². The van der Waals surface area contributed by atoms with Crippen molar-refractivity contribution in [2.75, 3.05) is 18.4 Å². The molecule has 2 aromatic carbocycles. The number of benzene rings is 2. The number of hydrogen-bond acceptors (Lipinski definition) is 4. The number of nitro groups is 1. The van der Waals surface area contributed by atoms with Gasteiger partial charge in [0.05, 0.1) is 4.92 Å². The quantitative estimate of drug-likeness (QED) is 0.629. The molecule has 0 unspecified atom stereocenters. The molecule has 136 valence electrons. The van der Waals surface area contributed by atoms with Gasteiger partial charge in [-0.25, -0.2) is 0 Å². The lowest BCUT2D eigenvalue weighted by Gasteiger charge is -2.16. The predicted octanol–water partition coefficient (Wildman–Crippen LogP) is 4.01. The van der Waals surface area contributed by atoms with Gasteiger partial charge in [-0.05, 0) is 42.5 Å². The molecular formula is C20H23N3O3. The summed E-state index contributed by atoms with van der Waals surface area (Å²) in [6, 6.07) is 12.8. The van der Waals surface area contributed by atoms with Crippen LogP contribution >= 0.6 is 0 Å². The van der Waals surface area contributed by atoms with Gasteiger partial charge in [0, 0.05) is 31.4 Å². The smallest absolute Gasteiger partial charge is 0.282 e. The van der Waals surface area contributed by atoms with Gasteiger partial charge >= 0.3 is 0 Å². The van der Waals surface area contributed by atoms with Crippen molar-refractivity contribution in [2.24, 2.45) is 0 Å². The molecule has 0 radical (unpaired) electrons. The Balaban J connectivity index is 1.83. The monoisotopic (exact) mass is 353 g/mol. The molecule has 2 aromatic rings. The molecule has 6 nitrogen and oxygen atoms in total. The van der Waals surface area contributed by atoms with Crippen molar-refractivity contribution >= 4 is 17.3 Å². The molecule has 3 rings (SSSR count). The van der Waals surface area contributed by atoms with Crippen molar-refractivity contribution < 1.29 is 9.72 Å². The lowest BCUT2D eigenvalue weighted by atomic mass is 10.1. The van der Waals surface area contributed by atoms with Gasteiger partial charge in [-0.1, -0.05) is 31.2 Å². The lowest BCUT2D eigenvalue weighted by molar-refractivity contribution is -0.385. The van der Waals surface area contributed by atoms with Gasteiger partial charge in [0.15, 0.2) is 0 Å². The minimum Gasteiger partial charge on any atom is -0.381 e. The number of carbonyl (C=O) groups excluding carboxylic acids is 1. The van der Waals surface area contributed by atoms with Crippen LogP contribution in [0.3, 0.4) is 0 Å². The molecular weight excluding hydrogens is 330 g/mol. The van der Waals surface area contributed by atoms with Crippen molar-refractivity contribution in [3.63, 3.8) is 0 Å². The molecule has 0 saturated carbocycles. The van der Waals surface area contributed by atoms with E-state index in [4.69, 9.17) is 0 Å². The highest BCUT2D eigenvalue weighted by molar-refractivity contribution is 5.99. The minimum atomic E-state index is -0.487. The van der Waals surface area contributed by atoms with Crippen LogP contribution in [0.4, 0.5) is 11.4 Å². The van der Waals surface area contributed by atoms with Crippen molar-refractivity contribution in [2.45, 2.75) is 32.7 Å². The van der Waals surface area contributed by atoms with E-state index in [0.717, 1.165) is 19.3 Å². The molecule has 0 aliphatic carbocycles. The van der Waals surface area contributed by atoms with Crippen LogP contribution in [0.2, 0.25) is 0 Å². The van der Waals surface area contributed by atoms with Crippen molar-refractivity contribution in [1.82, 2.24) is 4.90 Å². The number of nitrogens with one attached hydrogen (secondary N) is 1. The molecule has 6 heteroatoms. The number of carbonyl (C=O) groups is 1. The first-order chi connectivity index (χ1) is 12.6. The summed E-state index contributed by atoms with van der Waals surface area (Å²) in [5, 5.41) is 14.6. The second kappa shape index (κ2) is 7.99. The third-order valence-electron chi connectivity index (χ3n) is 4.80. The summed E-state index contributed by atoms with van der Waals surface area (Å²) < 4.78 is 0. The van der Waals surface area contributed by atoms with Crippen LogP contribution < -0.4 is 5.32 Å². The van der Waals surface area contributed by atoms with E-state index in [1.54, 1.807) is 17.0 Å². The van der Waals surface area contributed by atoms with Crippen molar-refractivity contribution in [1.29, 1.82) is 0 Å². The van der Waals surface area contributed by atoms with Crippen LogP contribution in [0.1, 0.15) is 41.3 Å². The molecule has 1 N–H and O–H groups in total. The minimum absolute atomic E-state index is 0.138. The largest absolute Gasteiger partial charge is 0.381 e. The zero-order chi connectivity index (χ0) is 18.5. The zero-order valence-corrected chi connectivity index (χ0v) is 14.9. The second-order valence-corrected chi connectivity index (χ2v) is 6.46. The molecule has 1 amide bonds. The van der Waals surface area contributed by atoms with E-state index in [0.29, 0.717) is 25.3 Å². The van der Waals surface area contributed by atoms with Crippen LogP contribution in [0.25, 0.3) is 0 Å². The highest BCUT2D eigenvalue weighted by Gasteiger charge is 2.26. The van der Waals surface area contributed by atoms with Gasteiger partial charge in [0.1, 0.15) is 5.56 Å². The third-order valence-corrected chi connectivity index (χ3v) is 4.80. The summed E-state index contributed by atoms with van der Waals surface area (Å²) in [6.07, 6.45) is 2.84. The fraction of sp³-hybridized carbons (Fsp3) is 0.350. The summed E-state index contributed by atoms with van der Waals surface area (Å²) in [5.41, 5.74) is 3.17. The zero-order valence-electron chi connectivity index (χ0n) is 14.9. The Bertz CT molecular complexity index is 814. The van der Waals surface area contributed by atoms with Gasteiger partial charge in [-0.15, -0.1) is 0 Å². The van der Waals surface area contributed by atoms with Crippen LogP contribution in [0, 0.1) is 10.1 Å². The molecule has 0 bridgehead atoms. The molecule has 0 atom stereocenters. The maximum Gasteiger partial charge on any atom is 0.282 e. The Hall–Kier alpha value is -2.89. The Morgan fingerprint density at radius 3 is 2.50 bits per heavy atom. The van der Waals surface area contributed by atoms with Gasteiger partial charge in [-0.2, -0.15) is 0 Å². The summed E-state index contributed by atoms with van der Waals surface area (Å²) in [6.45, 7) is 4.05. The van der Waals surface area contributed by atoms with Gasteiger partial charge in [0.2, 0.25) is 0 Å². The first kappa shape index (κ1) is 17.9. The number of hydrogen-bond donors (Lipinski definition) is 1. The summed E-state index contributed by atoms with van der Waals surface area (Å²) in [5.74, 6) is -0.258. The highest BCUT2D eigenvalue weighted by atomic mass is 16.6. The van der Waals surface area contributed by atoms with Crippen LogP contribution in [0.15, 0.2) is 42.5 Å². The van der Waals surface area contributed by atoms with E-state index < -0.39 is 4.92 Å². The van der Waals surface area contributed by atoms with E-state index >= 15 is 0 Å². The first-order valence-corrected chi connectivity index (χ1v) is 8.98. The molecule has 1 aliphatic heterocycles. The maximum atomic E-state index is 12.7. The van der Waals surface area contributed by atoms with Gasteiger partial charge in [0.25, 0.3) is 11.6 Å². The van der Waals surface area contributed by atoms with Crippen molar-refractivity contribution in [3.05, 3.63) is 69.3 Å². The SMILES string of the molecule is CCc1ccccc1CNc1ccc([N+](=O)[O-])c(C(=O)N2CCCC2)c1. The number of nitrogens with zero attached hydrogens (tertiary/aromatic N) is 2. The Labute approximate surface area is 153 Å². The molecule has 1 heterocycles. The standard InChI is InChI=1S/C20H23N3O3/c1-2-15-7-3-4-8-16(15)14-21-17-9-10-19(23(25)26)18(13-17)20(24)22-11-5-6-12-22/h3-4,7-10,13,21H,2,5-6,11-12,14H2,1H3. The van der Waals surface area contributed by atoms with Crippen LogP contribution in [0.5, 0.6) is 0 Å². The van der Waals surface area contributed by atoms with Gasteiger partial charge in [-0.3, -0.25) is 14.9 Å². The maximum absolute atomic E-state index is 12.7. The Morgan fingerprint density at radius 2 is 1.85 bits per heavy atom. The number of aryl methyl sites for hydroxylation is 1. The summed E-state index contributed by atoms with van der Waals surface area (Å²) in [4.78, 5) is 25.2. The average Bonchev–Trinajstić information content (AvgIpc) is 3.20. The van der Waals surface area contributed by atoms with E-state index in [9.17, 15) is 14.9 Å². The van der Waals surface area contributed by atoms with Crippen LogP contribution in [-0.4, -0.2) is 28.8 Å². The normalized spacial score (nSPS) is 13.7. The Morgan fingerprint density at radius 1 is 1.15 bits per heavy atom. The molecule has 0 aromatic heterocycles. The fourth-order valence-corrected chi connectivity index (χ4v) is 3.34. The number of anilines is 1. The third kappa shape index (κ3) is 3.85. The number of rotatable bonds is 6. The number of likely N-dealkylation sites (tertiary alicyclic amines) is 1. The molecule has 0 spiro atoms. The van der Waals surface area contributed by atoms with Crippen LogP contribution in [-0.2, 0) is 13.0 Å². The van der Waals surface area contributed by atoms with E-state index in [1.807, 2.05) is 12.1 Å².